The van der Waals surface area contributed by atoms with Gasteiger partial charge >= 0.3 is 6.09 Å². The number of hydrogen-bond acceptors (Lipinski definition) is 4. The molecule has 2 amide bonds. The lowest BCUT2D eigenvalue weighted by Gasteiger charge is -2.37. The first-order chi connectivity index (χ1) is 14.5. The second-order valence-electron chi connectivity index (χ2n) is 7.29. The van der Waals surface area contributed by atoms with Gasteiger partial charge in [-0.2, -0.15) is 5.10 Å². The molecule has 1 saturated heterocycles. The van der Waals surface area contributed by atoms with E-state index in [-0.39, 0.29) is 12.3 Å². The minimum absolute atomic E-state index is 0.211. The van der Waals surface area contributed by atoms with E-state index in [9.17, 15) is 14.7 Å². The highest BCUT2D eigenvalue weighted by atomic mass is 35.5. The van der Waals surface area contributed by atoms with E-state index >= 15 is 0 Å². The summed E-state index contributed by atoms with van der Waals surface area (Å²) in [6.45, 7) is 2.41. The van der Waals surface area contributed by atoms with Crippen molar-refractivity contribution in [2.75, 3.05) is 31.1 Å². The average molecular weight is 428 g/mol. The Morgan fingerprint density at radius 2 is 1.87 bits per heavy atom. The number of aromatic nitrogens is 2. The average Bonchev–Trinajstić information content (AvgIpc) is 3.22. The Labute approximate surface area is 178 Å². The molecule has 156 valence electrons. The summed E-state index contributed by atoms with van der Waals surface area (Å²) in [7, 11) is 0. The fraction of sp³-hybridized carbons (Fsp3) is 0.286. The zero-order valence-electron chi connectivity index (χ0n) is 16.2. The van der Waals surface area contributed by atoms with Gasteiger partial charge in [-0.25, -0.2) is 4.79 Å². The number of benzene rings is 2. The third kappa shape index (κ3) is 4.49. The van der Waals surface area contributed by atoms with Crippen LogP contribution < -0.4 is 10.2 Å². The number of carbonyl (C=O) groups is 2. The molecule has 1 fully saturated rings. The van der Waals surface area contributed by atoms with Crippen molar-refractivity contribution in [3.63, 3.8) is 0 Å². The van der Waals surface area contributed by atoms with Crippen LogP contribution in [0.2, 0.25) is 5.02 Å². The maximum atomic E-state index is 13.0. The summed E-state index contributed by atoms with van der Waals surface area (Å²) in [4.78, 5) is 28.2. The molecule has 0 radical (unpaired) electrons. The van der Waals surface area contributed by atoms with Gasteiger partial charge in [-0.3, -0.25) is 9.89 Å². The number of carbonyl (C=O) groups excluding carboxylic acids is 1. The first kappa shape index (κ1) is 20.0. The molecule has 9 heteroatoms. The number of amides is 2. The summed E-state index contributed by atoms with van der Waals surface area (Å²) < 4.78 is 0. The minimum atomic E-state index is -1.21. The lowest BCUT2D eigenvalue weighted by Crippen LogP contribution is -2.55. The van der Waals surface area contributed by atoms with Crippen LogP contribution in [0.15, 0.2) is 48.7 Å². The van der Waals surface area contributed by atoms with Gasteiger partial charge in [-0.05, 0) is 35.9 Å². The van der Waals surface area contributed by atoms with Gasteiger partial charge in [0.05, 0.1) is 11.7 Å². The fourth-order valence-corrected chi connectivity index (χ4v) is 3.86. The molecular formula is C21H22ClN5O3. The van der Waals surface area contributed by atoms with Crippen LogP contribution in [0.4, 0.5) is 10.5 Å². The van der Waals surface area contributed by atoms with E-state index in [2.05, 4.69) is 26.5 Å². The molecule has 1 aliphatic rings. The minimum Gasteiger partial charge on any atom is -0.465 e. The zero-order valence-corrected chi connectivity index (χ0v) is 17.0. The van der Waals surface area contributed by atoms with Crippen molar-refractivity contribution in [3.8, 4) is 0 Å². The van der Waals surface area contributed by atoms with Crippen LogP contribution in [-0.4, -0.2) is 64.4 Å². The van der Waals surface area contributed by atoms with Crippen molar-refractivity contribution in [1.29, 1.82) is 0 Å². The largest absolute Gasteiger partial charge is 0.465 e. The molecule has 2 heterocycles. The van der Waals surface area contributed by atoms with Crippen molar-refractivity contribution in [3.05, 3.63) is 59.2 Å². The normalized spacial score (nSPS) is 15.2. The lowest BCUT2D eigenvalue weighted by molar-refractivity contribution is -0.133. The van der Waals surface area contributed by atoms with Crippen molar-refractivity contribution in [2.45, 2.75) is 12.5 Å². The molecule has 0 aliphatic carbocycles. The molecule has 4 rings (SSSR count). The molecule has 0 spiro atoms. The number of H-pyrrole nitrogens is 1. The predicted octanol–water partition coefficient (Wildman–Crippen LogP) is 2.74. The summed E-state index contributed by atoms with van der Waals surface area (Å²) in [5, 5.41) is 20.2. The van der Waals surface area contributed by atoms with Gasteiger partial charge in [0, 0.05) is 48.7 Å². The fourth-order valence-electron chi connectivity index (χ4n) is 3.74. The number of halogens is 1. The predicted molar refractivity (Wildman–Crippen MR) is 115 cm³/mol. The number of anilines is 1. The third-order valence-corrected chi connectivity index (χ3v) is 5.58. The summed E-state index contributed by atoms with van der Waals surface area (Å²) in [5.41, 5.74) is 2.91. The van der Waals surface area contributed by atoms with Gasteiger partial charge in [0.1, 0.15) is 6.04 Å². The number of fused-ring (bicyclic) bond motifs is 1. The van der Waals surface area contributed by atoms with Gasteiger partial charge in [-0.15, -0.1) is 0 Å². The van der Waals surface area contributed by atoms with E-state index in [1.165, 1.54) is 0 Å². The number of nitrogens with one attached hydrogen (secondary N) is 2. The highest BCUT2D eigenvalue weighted by Crippen LogP contribution is 2.22. The number of hydrogen-bond donors (Lipinski definition) is 3. The summed E-state index contributed by atoms with van der Waals surface area (Å²) in [5.74, 6) is -0.211. The van der Waals surface area contributed by atoms with E-state index in [4.69, 9.17) is 11.6 Å². The molecule has 30 heavy (non-hydrogen) atoms. The van der Waals surface area contributed by atoms with Crippen LogP contribution in [0.1, 0.15) is 5.56 Å². The van der Waals surface area contributed by atoms with Gasteiger partial charge < -0.3 is 20.2 Å². The molecule has 1 aromatic heterocycles. The van der Waals surface area contributed by atoms with Crippen LogP contribution in [0, 0.1) is 0 Å². The first-order valence-corrected chi connectivity index (χ1v) is 10.1. The molecule has 0 bridgehead atoms. The molecule has 1 unspecified atom stereocenters. The summed E-state index contributed by atoms with van der Waals surface area (Å²) >= 11 is 5.91. The van der Waals surface area contributed by atoms with E-state index in [0.29, 0.717) is 31.2 Å². The molecule has 3 N–H and O–H groups in total. The van der Waals surface area contributed by atoms with E-state index in [1.54, 1.807) is 35.4 Å². The second-order valence-corrected chi connectivity index (χ2v) is 7.72. The Bertz CT molecular complexity index is 1040. The van der Waals surface area contributed by atoms with Gasteiger partial charge in [0.2, 0.25) is 5.91 Å². The highest BCUT2D eigenvalue weighted by Gasteiger charge is 2.29. The lowest BCUT2D eigenvalue weighted by atomic mass is 10.0. The number of piperazine rings is 1. The van der Waals surface area contributed by atoms with Crippen molar-refractivity contribution >= 4 is 40.2 Å². The van der Waals surface area contributed by atoms with Gasteiger partial charge in [-0.1, -0.05) is 23.7 Å². The van der Waals surface area contributed by atoms with Crippen molar-refractivity contribution in [2.24, 2.45) is 0 Å². The van der Waals surface area contributed by atoms with Crippen LogP contribution >= 0.6 is 11.6 Å². The number of carboxylic acid groups (broad SMARTS) is 1. The number of nitrogens with zero attached hydrogens (tertiary/aromatic N) is 3. The van der Waals surface area contributed by atoms with E-state index < -0.39 is 12.1 Å². The zero-order chi connectivity index (χ0) is 21.1. The topological polar surface area (TPSA) is 102 Å². The molecular weight excluding hydrogens is 406 g/mol. The van der Waals surface area contributed by atoms with Gasteiger partial charge in [0.15, 0.2) is 0 Å². The monoisotopic (exact) mass is 427 g/mol. The molecule has 3 aromatic rings. The second kappa shape index (κ2) is 8.62. The Balaban J connectivity index is 1.41. The van der Waals surface area contributed by atoms with Crippen LogP contribution in [0.5, 0.6) is 0 Å². The van der Waals surface area contributed by atoms with Crippen LogP contribution in [0.25, 0.3) is 10.9 Å². The van der Waals surface area contributed by atoms with Crippen LogP contribution in [-0.2, 0) is 11.2 Å². The number of rotatable bonds is 5. The van der Waals surface area contributed by atoms with E-state index in [1.807, 2.05) is 12.1 Å². The molecule has 1 atom stereocenters. The molecule has 0 saturated carbocycles. The van der Waals surface area contributed by atoms with Crippen LogP contribution in [0.3, 0.4) is 0 Å². The van der Waals surface area contributed by atoms with Crippen molar-refractivity contribution in [1.82, 2.24) is 20.4 Å². The maximum Gasteiger partial charge on any atom is 0.405 e. The Morgan fingerprint density at radius 3 is 2.57 bits per heavy atom. The quantitative estimate of drug-likeness (QED) is 0.581. The standard InChI is InChI=1S/C21H22ClN5O3/c22-16-3-1-14(2-4-16)11-19(24-21(29)30)20(28)27-9-7-26(8-10-27)17-5-6-18-15(12-17)13-23-25-18/h1-6,12-13,19,24H,7-11H2,(H,23,25)(H,29,30). The first-order valence-electron chi connectivity index (χ1n) is 9.70. The van der Waals surface area contributed by atoms with Gasteiger partial charge in [0.25, 0.3) is 0 Å². The summed E-state index contributed by atoms with van der Waals surface area (Å²) in [6.07, 6.45) is 0.853. The smallest absolute Gasteiger partial charge is 0.405 e. The van der Waals surface area contributed by atoms with E-state index in [0.717, 1.165) is 22.2 Å². The summed E-state index contributed by atoms with van der Waals surface area (Å²) in [6, 6.07) is 12.3. The number of aromatic amines is 1. The Kier molecular flexibility index (Phi) is 5.76. The SMILES string of the molecule is O=C(O)NC(Cc1ccc(Cl)cc1)C(=O)N1CCN(c2ccc3[nH]ncc3c2)CC1. The Hall–Kier alpha value is -3.26. The Morgan fingerprint density at radius 1 is 1.13 bits per heavy atom. The molecule has 1 aliphatic heterocycles. The molecule has 8 nitrogen and oxygen atoms in total. The molecule has 2 aromatic carbocycles. The maximum absolute atomic E-state index is 13.0. The van der Waals surface area contributed by atoms with Crippen molar-refractivity contribution < 1.29 is 14.7 Å². The third-order valence-electron chi connectivity index (χ3n) is 5.33. The highest BCUT2D eigenvalue weighted by molar-refractivity contribution is 6.30.